The van der Waals surface area contributed by atoms with E-state index in [4.69, 9.17) is 0 Å². The minimum absolute atomic E-state index is 0.000234. The fourth-order valence-electron chi connectivity index (χ4n) is 2.59. The second kappa shape index (κ2) is 9.41. The van der Waals surface area contributed by atoms with Gasteiger partial charge in [-0.2, -0.15) is 5.10 Å². The average molecular weight is 492 g/mol. The highest BCUT2D eigenvalue weighted by Crippen LogP contribution is 2.20. The molecule has 1 amide bonds. The van der Waals surface area contributed by atoms with Gasteiger partial charge in [-0.1, -0.05) is 22.0 Å². The van der Waals surface area contributed by atoms with Crippen LogP contribution in [0, 0.1) is 0 Å². The van der Waals surface area contributed by atoms with Crippen molar-refractivity contribution in [2.75, 3.05) is 30.7 Å². The summed E-state index contributed by atoms with van der Waals surface area (Å²) in [6, 6.07) is 12.6. The topological polar surface area (TPSA) is 96.3 Å². The van der Waals surface area contributed by atoms with Gasteiger partial charge >= 0.3 is 0 Å². The number of amides is 1. The Labute approximate surface area is 184 Å². The molecule has 3 rings (SSSR count). The second-order valence-electron chi connectivity index (χ2n) is 6.89. The van der Waals surface area contributed by atoms with E-state index in [9.17, 15) is 13.2 Å². The van der Waals surface area contributed by atoms with Gasteiger partial charge in [0.2, 0.25) is 0 Å². The minimum atomic E-state index is -3.83. The largest absolute Gasteiger partial charge is 0.319 e. The maximum Gasteiger partial charge on any atom is 0.261 e. The summed E-state index contributed by atoms with van der Waals surface area (Å²) in [5.41, 5.74) is 1.20. The van der Waals surface area contributed by atoms with Crippen LogP contribution in [-0.4, -0.2) is 49.6 Å². The van der Waals surface area contributed by atoms with Crippen LogP contribution in [0.5, 0.6) is 0 Å². The number of hydrogen-bond acceptors (Lipinski definition) is 5. The molecule has 0 aliphatic carbocycles. The molecule has 1 aromatic heterocycles. The smallest absolute Gasteiger partial charge is 0.261 e. The first-order chi connectivity index (χ1) is 14.2. The molecule has 3 aromatic rings. The summed E-state index contributed by atoms with van der Waals surface area (Å²) in [5, 5.41) is 6.96. The zero-order chi connectivity index (χ0) is 21.7. The Kier molecular flexibility index (Phi) is 6.91. The molecule has 0 aliphatic rings. The fourth-order valence-corrected chi connectivity index (χ4v) is 3.96. The summed E-state index contributed by atoms with van der Waals surface area (Å²) in [7, 11) is 0.109. The molecule has 1 heterocycles. The lowest BCUT2D eigenvalue weighted by Gasteiger charge is -2.10. The number of anilines is 2. The third-order valence-corrected chi connectivity index (χ3v) is 6.08. The highest BCUT2D eigenvalue weighted by Gasteiger charge is 2.17. The summed E-state index contributed by atoms with van der Waals surface area (Å²) >= 11 is 3.31. The summed E-state index contributed by atoms with van der Waals surface area (Å²) < 4.78 is 30.4. The number of nitrogens with one attached hydrogen (secondary N) is 2. The van der Waals surface area contributed by atoms with Crippen molar-refractivity contribution < 1.29 is 13.2 Å². The van der Waals surface area contributed by atoms with E-state index in [0.717, 1.165) is 11.0 Å². The number of carbonyl (C=O) groups excluding carboxylic acids is 1. The molecule has 2 N–H and O–H groups in total. The van der Waals surface area contributed by atoms with Gasteiger partial charge in [0.05, 0.1) is 23.3 Å². The number of halogens is 1. The highest BCUT2D eigenvalue weighted by atomic mass is 79.9. The number of rotatable bonds is 8. The Hall–Kier alpha value is -2.69. The van der Waals surface area contributed by atoms with E-state index in [1.54, 1.807) is 47.4 Å². The number of sulfonamides is 1. The lowest BCUT2D eigenvalue weighted by Crippen LogP contribution is -2.18. The minimum Gasteiger partial charge on any atom is -0.319 e. The van der Waals surface area contributed by atoms with E-state index in [0.29, 0.717) is 17.9 Å². The van der Waals surface area contributed by atoms with Crippen LogP contribution in [0.15, 0.2) is 70.3 Å². The fraction of sp³-hybridized carbons (Fsp3) is 0.200. The lowest BCUT2D eigenvalue weighted by molar-refractivity contribution is 0.102. The van der Waals surface area contributed by atoms with Crippen LogP contribution in [0.3, 0.4) is 0 Å². The van der Waals surface area contributed by atoms with Crippen molar-refractivity contribution in [3.05, 3.63) is 71.0 Å². The maximum absolute atomic E-state index is 12.7. The van der Waals surface area contributed by atoms with Gasteiger partial charge in [0, 0.05) is 28.5 Å². The predicted molar refractivity (Wildman–Crippen MR) is 120 cm³/mol. The van der Waals surface area contributed by atoms with Gasteiger partial charge in [-0.15, -0.1) is 0 Å². The molecule has 0 spiro atoms. The molecule has 0 saturated heterocycles. The molecule has 30 heavy (non-hydrogen) atoms. The summed E-state index contributed by atoms with van der Waals surface area (Å²) in [5.74, 6) is -0.414. The summed E-state index contributed by atoms with van der Waals surface area (Å²) in [6.45, 7) is 1.51. The second-order valence-corrected chi connectivity index (χ2v) is 9.49. The molecule has 0 bridgehead atoms. The number of nitrogens with zero attached hydrogens (tertiary/aromatic N) is 3. The number of aromatic nitrogens is 2. The van der Waals surface area contributed by atoms with E-state index >= 15 is 0 Å². The Bertz CT molecular complexity index is 1130. The first kappa shape index (κ1) is 22.0. The SMILES string of the molecule is CN(C)CCn1cc(NC(=O)c2cccc(S(=O)(=O)Nc3ccc(Br)cc3)c2)cn1. The molecule has 158 valence electrons. The summed E-state index contributed by atoms with van der Waals surface area (Å²) in [4.78, 5) is 14.6. The van der Waals surface area contributed by atoms with E-state index in [2.05, 4.69) is 31.1 Å². The van der Waals surface area contributed by atoms with E-state index in [-0.39, 0.29) is 10.5 Å². The Morgan fingerprint density at radius 1 is 1.13 bits per heavy atom. The molecule has 8 nitrogen and oxygen atoms in total. The molecule has 2 aromatic carbocycles. The van der Waals surface area contributed by atoms with Crippen molar-refractivity contribution in [3.63, 3.8) is 0 Å². The molecule has 10 heteroatoms. The van der Waals surface area contributed by atoms with Crippen LogP contribution in [0.2, 0.25) is 0 Å². The third-order valence-electron chi connectivity index (χ3n) is 4.17. The van der Waals surface area contributed by atoms with E-state index in [1.807, 2.05) is 19.0 Å². The number of likely N-dealkylation sites (N-methyl/N-ethyl adjacent to an activating group) is 1. The van der Waals surface area contributed by atoms with Crippen molar-refractivity contribution in [3.8, 4) is 0 Å². The first-order valence-corrected chi connectivity index (χ1v) is 11.4. The van der Waals surface area contributed by atoms with Gasteiger partial charge in [0.15, 0.2) is 0 Å². The number of benzene rings is 2. The van der Waals surface area contributed by atoms with Crippen LogP contribution in [0.25, 0.3) is 0 Å². The van der Waals surface area contributed by atoms with Crippen molar-refractivity contribution in [1.82, 2.24) is 14.7 Å². The standard InChI is InChI=1S/C20H22BrN5O3S/c1-25(2)10-11-26-14-18(13-22-26)23-20(27)15-4-3-5-19(12-15)30(28,29)24-17-8-6-16(21)7-9-17/h3-9,12-14,24H,10-11H2,1-2H3,(H,23,27). The zero-order valence-electron chi connectivity index (χ0n) is 16.5. The van der Waals surface area contributed by atoms with Crippen molar-refractivity contribution >= 4 is 43.2 Å². The average Bonchev–Trinajstić information content (AvgIpc) is 3.15. The third kappa shape index (κ3) is 5.91. The predicted octanol–water partition coefficient (Wildman–Crippen LogP) is 3.26. The van der Waals surface area contributed by atoms with E-state index < -0.39 is 15.9 Å². The van der Waals surface area contributed by atoms with E-state index in [1.165, 1.54) is 18.2 Å². The Balaban J connectivity index is 1.71. The quantitative estimate of drug-likeness (QED) is 0.503. The van der Waals surface area contributed by atoms with Crippen LogP contribution >= 0.6 is 15.9 Å². The van der Waals surface area contributed by atoms with Crippen LogP contribution in [0.1, 0.15) is 10.4 Å². The van der Waals surface area contributed by atoms with Crippen molar-refractivity contribution in [1.29, 1.82) is 0 Å². The van der Waals surface area contributed by atoms with Gasteiger partial charge in [-0.3, -0.25) is 14.2 Å². The number of hydrogen-bond donors (Lipinski definition) is 2. The van der Waals surface area contributed by atoms with Crippen molar-refractivity contribution in [2.45, 2.75) is 11.4 Å². The maximum atomic E-state index is 12.7. The Morgan fingerprint density at radius 2 is 1.87 bits per heavy atom. The Morgan fingerprint density at radius 3 is 2.57 bits per heavy atom. The molecular weight excluding hydrogens is 470 g/mol. The molecular formula is C20H22BrN5O3S. The highest BCUT2D eigenvalue weighted by molar-refractivity contribution is 9.10. The zero-order valence-corrected chi connectivity index (χ0v) is 18.9. The first-order valence-electron chi connectivity index (χ1n) is 9.10. The molecule has 0 radical (unpaired) electrons. The molecule has 0 unspecified atom stereocenters. The van der Waals surface area contributed by atoms with Crippen LogP contribution in [-0.2, 0) is 16.6 Å². The number of carbonyl (C=O) groups is 1. The monoisotopic (exact) mass is 491 g/mol. The van der Waals surface area contributed by atoms with Gasteiger partial charge in [-0.25, -0.2) is 8.42 Å². The van der Waals surface area contributed by atoms with Gasteiger partial charge in [0.1, 0.15) is 0 Å². The lowest BCUT2D eigenvalue weighted by atomic mass is 10.2. The molecule has 0 saturated carbocycles. The summed E-state index contributed by atoms with van der Waals surface area (Å²) in [6.07, 6.45) is 3.29. The molecule has 0 atom stereocenters. The van der Waals surface area contributed by atoms with Gasteiger partial charge < -0.3 is 10.2 Å². The normalized spacial score (nSPS) is 11.5. The van der Waals surface area contributed by atoms with Gasteiger partial charge in [-0.05, 0) is 56.6 Å². The molecule has 0 aliphatic heterocycles. The van der Waals surface area contributed by atoms with Crippen molar-refractivity contribution in [2.24, 2.45) is 0 Å². The molecule has 0 fully saturated rings. The van der Waals surface area contributed by atoms with Crippen LogP contribution in [0.4, 0.5) is 11.4 Å². The van der Waals surface area contributed by atoms with Gasteiger partial charge in [0.25, 0.3) is 15.9 Å². The van der Waals surface area contributed by atoms with Crippen LogP contribution < -0.4 is 10.0 Å².